The van der Waals surface area contributed by atoms with Gasteiger partial charge in [-0.3, -0.25) is 4.79 Å². The number of allylic oxidation sites excluding steroid dienone is 1. The average molecular weight is 397 g/mol. The van der Waals surface area contributed by atoms with Gasteiger partial charge in [-0.1, -0.05) is 61.8 Å². The number of halogens is 1. The van der Waals surface area contributed by atoms with E-state index < -0.39 is 0 Å². The molecular weight excluding hydrogens is 368 g/mol. The summed E-state index contributed by atoms with van der Waals surface area (Å²) in [5.74, 6) is 0.243. The third kappa shape index (κ3) is 5.70. The highest BCUT2D eigenvalue weighted by molar-refractivity contribution is 6.30. The number of anilines is 1. The predicted octanol–water partition coefficient (Wildman–Crippen LogP) is 5.57. The Morgan fingerprint density at radius 3 is 2.54 bits per heavy atom. The van der Waals surface area contributed by atoms with E-state index in [0.717, 1.165) is 36.3 Å². The molecule has 2 aromatic rings. The van der Waals surface area contributed by atoms with Crippen LogP contribution >= 0.6 is 11.6 Å². The SMILES string of the molecule is CN(CCc1ccccc1)CC1=C(Nc2cccc(Cl)c2)CC(C)(C)CC1=O. The van der Waals surface area contributed by atoms with Gasteiger partial charge in [-0.25, -0.2) is 0 Å². The number of Topliss-reactive ketones (excluding diaryl/α,β-unsaturated/α-hetero) is 1. The Morgan fingerprint density at radius 2 is 1.82 bits per heavy atom. The van der Waals surface area contributed by atoms with Crippen LogP contribution in [0.4, 0.5) is 5.69 Å². The van der Waals surface area contributed by atoms with Crippen molar-refractivity contribution < 1.29 is 4.79 Å². The zero-order valence-corrected chi connectivity index (χ0v) is 17.7. The van der Waals surface area contributed by atoms with Gasteiger partial charge in [0.1, 0.15) is 0 Å². The monoisotopic (exact) mass is 396 g/mol. The van der Waals surface area contributed by atoms with Crippen LogP contribution in [0.15, 0.2) is 65.9 Å². The molecule has 3 nitrogen and oxygen atoms in total. The molecule has 2 aromatic carbocycles. The maximum absolute atomic E-state index is 12.9. The molecular formula is C24H29ClN2O. The summed E-state index contributed by atoms with van der Waals surface area (Å²) in [6, 6.07) is 18.1. The number of ketones is 1. The lowest BCUT2D eigenvalue weighted by Crippen LogP contribution is -2.34. The first-order valence-electron chi connectivity index (χ1n) is 9.83. The molecule has 0 aliphatic heterocycles. The second kappa shape index (κ2) is 8.93. The van der Waals surface area contributed by atoms with Crippen LogP contribution in [0.1, 0.15) is 32.3 Å². The van der Waals surface area contributed by atoms with Gasteiger partial charge >= 0.3 is 0 Å². The minimum absolute atomic E-state index is 0.0376. The zero-order chi connectivity index (χ0) is 20.1. The molecule has 0 bridgehead atoms. The van der Waals surface area contributed by atoms with Gasteiger partial charge in [-0.05, 0) is 49.1 Å². The number of benzene rings is 2. The van der Waals surface area contributed by atoms with Crippen molar-refractivity contribution in [2.75, 3.05) is 25.5 Å². The summed E-state index contributed by atoms with van der Waals surface area (Å²) in [5.41, 5.74) is 4.13. The zero-order valence-electron chi connectivity index (χ0n) is 17.0. The number of hydrogen-bond donors (Lipinski definition) is 1. The van der Waals surface area contributed by atoms with E-state index in [-0.39, 0.29) is 11.2 Å². The number of nitrogens with zero attached hydrogens (tertiary/aromatic N) is 1. The summed E-state index contributed by atoms with van der Waals surface area (Å²) in [5, 5.41) is 4.17. The van der Waals surface area contributed by atoms with E-state index in [9.17, 15) is 4.79 Å². The quantitative estimate of drug-likeness (QED) is 0.664. The van der Waals surface area contributed by atoms with E-state index in [1.54, 1.807) is 0 Å². The number of carbonyl (C=O) groups excluding carboxylic acids is 1. The van der Waals surface area contributed by atoms with Gasteiger partial charge in [0, 0.05) is 41.5 Å². The summed E-state index contributed by atoms with van der Waals surface area (Å²) >= 11 is 6.14. The van der Waals surface area contributed by atoms with Crippen molar-refractivity contribution in [3.05, 3.63) is 76.5 Å². The van der Waals surface area contributed by atoms with E-state index in [0.29, 0.717) is 18.0 Å². The standard InChI is InChI=1S/C24H29ClN2O/c1-24(2)15-22(26-20-11-7-10-19(25)14-20)21(23(28)16-24)17-27(3)13-12-18-8-5-4-6-9-18/h4-11,14,26H,12-13,15-17H2,1-3H3. The van der Waals surface area contributed by atoms with E-state index in [4.69, 9.17) is 11.6 Å². The second-order valence-corrected chi connectivity index (χ2v) is 8.94. The van der Waals surface area contributed by atoms with Crippen LogP contribution < -0.4 is 5.32 Å². The predicted molar refractivity (Wildman–Crippen MR) is 118 cm³/mol. The van der Waals surface area contributed by atoms with Crippen LogP contribution in [0.25, 0.3) is 0 Å². The van der Waals surface area contributed by atoms with Crippen LogP contribution in [-0.2, 0) is 11.2 Å². The van der Waals surface area contributed by atoms with Crippen LogP contribution in [0.2, 0.25) is 5.02 Å². The summed E-state index contributed by atoms with van der Waals surface area (Å²) in [6.07, 6.45) is 2.42. The maximum Gasteiger partial charge on any atom is 0.162 e. The van der Waals surface area contributed by atoms with E-state index in [1.807, 2.05) is 30.3 Å². The first-order chi connectivity index (χ1) is 13.3. The second-order valence-electron chi connectivity index (χ2n) is 8.51. The lowest BCUT2D eigenvalue weighted by atomic mass is 9.75. The Labute approximate surface area is 173 Å². The van der Waals surface area contributed by atoms with Crippen molar-refractivity contribution in [2.45, 2.75) is 33.1 Å². The Hall–Kier alpha value is -2.10. The molecule has 1 aliphatic rings. The van der Waals surface area contributed by atoms with Crippen LogP contribution in [0.5, 0.6) is 0 Å². The molecule has 0 atom stereocenters. The number of rotatable bonds is 7. The molecule has 0 heterocycles. The number of carbonyl (C=O) groups is 1. The van der Waals surface area contributed by atoms with E-state index in [2.05, 4.69) is 55.4 Å². The third-order valence-electron chi connectivity index (χ3n) is 5.17. The molecule has 1 aliphatic carbocycles. The van der Waals surface area contributed by atoms with Crippen molar-refractivity contribution >= 4 is 23.1 Å². The molecule has 0 saturated carbocycles. The van der Waals surface area contributed by atoms with Gasteiger partial charge in [-0.2, -0.15) is 0 Å². The van der Waals surface area contributed by atoms with Gasteiger partial charge < -0.3 is 10.2 Å². The average Bonchev–Trinajstić information content (AvgIpc) is 2.63. The molecule has 3 rings (SSSR count). The van der Waals surface area contributed by atoms with E-state index >= 15 is 0 Å². The first kappa shape index (κ1) is 20.6. The fraction of sp³-hybridized carbons (Fsp3) is 0.375. The van der Waals surface area contributed by atoms with Gasteiger partial charge in [0.2, 0.25) is 0 Å². The summed E-state index contributed by atoms with van der Waals surface area (Å²) in [7, 11) is 2.08. The molecule has 148 valence electrons. The minimum Gasteiger partial charge on any atom is -0.358 e. The van der Waals surface area contributed by atoms with Crippen molar-refractivity contribution in [1.29, 1.82) is 0 Å². The summed E-state index contributed by atoms with van der Waals surface area (Å²) < 4.78 is 0. The number of hydrogen-bond acceptors (Lipinski definition) is 3. The highest BCUT2D eigenvalue weighted by Crippen LogP contribution is 2.37. The van der Waals surface area contributed by atoms with Gasteiger partial charge in [0.05, 0.1) is 0 Å². The fourth-order valence-corrected chi connectivity index (χ4v) is 3.90. The molecule has 0 unspecified atom stereocenters. The molecule has 4 heteroatoms. The highest BCUT2D eigenvalue weighted by atomic mass is 35.5. The Kier molecular flexibility index (Phi) is 6.58. The number of likely N-dealkylation sites (N-methyl/N-ethyl adjacent to an activating group) is 1. The van der Waals surface area contributed by atoms with Crippen LogP contribution in [0, 0.1) is 5.41 Å². The number of nitrogens with one attached hydrogen (secondary N) is 1. The third-order valence-corrected chi connectivity index (χ3v) is 5.40. The lowest BCUT2D eigenvalue weighted by molar-refractivity contribution is -0.118. The molecule has 0 aromatic heterocycles. The smallest absolute Gasteiger partial charge is 0.162 e. The van der Waals surface area contributed by atoms with Crippen molar-refractivity contribution in [1.82, 2.24) is 4.90 Å². The largest absolute Gasteiger partial charge is 0.358 e. The van der Waals surface area contributed by atoms with Crippen LogP contribution in [0.3, 0.4) is 0 Å². The maximum atomic E-state index is 12.9. The molecule has 0 spiro atoms. The van der Waals surface area contributed by atoms with Gasteiger partial charge in [0.25, 0.3) is 0 Å². The molecule has 0 amide bonds. The molecule has 0 fully saturated rings. The van der Waals surface area contributed by atoms with Crippen LogP contribution in [-0.4, -0.2) is 30.8 Å². The van der Waals surface area contributed by atoms with Gasteiger partial charge in [-0.15, -0.1) is 0 Å². The van der Waals surface area contributed by atoms with Crippen molar-refractivity contribution in [3.63, 3.8) is 0 Å². The molecule has 0 saturated heterocycles. The Morgan fingerprint density at radius 1 is 1.07 bits per heavy atom. The topological polar surface area (TPSA) is 32.3 Å². The van der Waals surface area contributed by atoms with Gasteiger partial charge in [0.15, 0.2) is 5.78 Å². The Bertz CT molecular complexity index is 858. The van der Waals surface area contributed by atoms with Crippen molar-refractivity contribution in [3.8, 4) is 0 Å². The lowest BCUT2D eigenvalue weighted by Gasteiger charge is -2.34. The normalized spacial score (nSPS) is 16.5. The Balaban J connectivity index is 1.76. The summed E-state index contributed by atoms with van der Waals surface area (Å²) in [4.78, 5) is 15.2. The summed E-state index contributed by atoms with van der Waals surface area (Å²) in [6.45, 7) is 5.88. The highest BCUT2D eigenvalue weighted by Gasteiger charge is 2.33. The molecule has 0 radical (unpaired) electrons. The molecule has 1 N–H and O–H groups in total. The van der Waals surface area contributed by atoms with Crippen molar-refractivity contribution in [2.24, 2.45) is 5.41 Å². The fourth-order valence-electron chi connectivity index (χ4n) is 3.71. The van der Waals surface area contributed by atoms with E-state index in [1.165, 1.54) is 5.56 Å². The minimum atomic E-state index is -0.0376. The first-order valence-corrected chi connectivity index (χ1v) is 10.2. The molecule has 28 heavy (non-hydrogen) atoms.